The number of aromatic nitrogens is 1. The number of nitrogens with two attached hydrogens (primary N) is 2. The molecule has 1 aliphatic carbocycles. The molecule has 0 aliphatic heterocycles. The number of carbonyl (C=O) groups is 1. The van der Waals surface area contributed by atoms with Crippen LogP contribution in [0.5, 0.6) is 0 Å². The zero-order valence-electron chi connectivity index (χ0n) is 14.7. The smallest absolute Gasteiger partial charge is 0.248 e. The third-order valence-electron chi connectivity index (χ3n) is 4.51. The van der Waals surface area contributed by atoms with Gasteiger partial charge in [-0.1, -0.05) is 24.3 Å². The molecule has 6 heteroatoms. The summed E-state index contributed by atoms with van der Waals surface area (Å²) in [7, 11) is 0. The highest BCUT2D eigenvalue weighted by Crippen LogP contribution is 2.31. The van der Waals surface area contributed by atoms with Crippen LogP contribution in [-0.2, 0) is 0 Å². The van der Waals surface area contributed by atoms with Gasteiger partial charge in [-0.05, 0) is 66.2 Å². The van der Waals surface area contributed by atoms with Gasteiger partial charge in [-0.25, -0.2) is 4.98 Å². The van der Waals surface area contributed by atoms with Crippen LogP contribution < -0.4 is 16.2 Å². The van der Waals surface area contributed by atoms with Crippen molar-refractivity contribution in [3.8, 4) is 22.3 Å². The Morgan fingerprint density at radius 1 is 1.00 bits per heavy atom. The molecule has 0 saturated heterocycles. The molecule has 1 aromatic heterocycles. The zero-order chi connectivity index (χ0) is 18.8. The summed E-state index contributed by atoms with van der Waals surface area (Å²) >= 11 is 1.68. The van der Waals surface area contributed by atoms with Crippen molar-refractivity contribution >= 4 is 23.7 Å². The van der Waals surface area contributed by atoms with Crippen LogP contribution in [0.15, 0.2) is 65.7 Å². The van der Waals surface area contributed by atoms with Crippen LogP contribution in [0, 0.1) is 0 Å². The number of nitrogens with zero attached hydrogens (tertiary/aromatic N) is 1. The second-order valence-corrected chi connectivity index (χ2v) is 7.53. The van der Waals surface area contributed by atoms with Gasteiger partial charge < -0.3 is 11.5 Å². The first kappa shape index (κ1) is 17.6. The van der Waals surface area contributed by atoms with E-state index < -0.39 is 5.91 Å². The maximum Gasteiger partial charge on any atom is 0.248 e. The average molecular weight is 376 g/mol. The van der Waals surface area contributed by atoms with E-state index in [4.69, 9.17) is 11.5 Å². The Hall–Kier alpha value is -2.83. The predicted octanol–water partition coefficient (Wildman–Crippen LogP) is 3.86. The van der Waals surface area contributed by atoms with Gasteiger partial charge in [0.2, 0.25) is 5.91 Å². The first-order chi connectivity index (χ1) is 13.1. The number of amides is 1. The summed E-state index contributed by atoms with van der Waals surface area (Å²) in [6.45, 7) is 0. The molecule has 5 nitrogen and oxygen atoms in total. The largest absolute Gasteiger partial charge is 0.383 e. The van der Waals surface area contributed by atoms with E-state index in [1.807, 2.05) is 18.2 Å². The molecule has 3 aromatic rings. The maximum atomic E-state index is 11.2. The van der Waals surface area contributed by atoms with E-state index in [1.165, 1.54) is 17.7 Å². The molecule has 4 rings (SSSR count). The molecule has 136 valence electrons. The van der Waals surface area contributed by atoms with Crippen molar-refractivity contribution in [2.24, 2.45) is 5.73 Å². The molecule has 0 spiro atoms. The Morgan fingerprint density at radius 2 is 1.67 bits per heavy atom. The maximum absolute atomic E-state index is 11.2. The number of anilines is 1. The van der Waals surface area contributed by atoms with E-state index in [1.54, 1.807) is 30.3 Å². The number of hydrogen-bond donors (Lipinski definition) is 3. The van der Waals surface area contributed by atoms with Gasteiger partial charge in [-0.3, -0.25) is 9.52 Å². The van der Waals surface area contributed by atoms with E-state index in [-0.39, 0.29) is 0 Å². The van der Waals surface area contributed by atoms with Crippen molar-refractivity contribution < 1.29 is 4.79 Å². The summed E-state index contributed by atoms with van der Waals surface area (Å²) in [4.78, 5) is 16.8. The van der Waals surface area contributed by atoms with Gasteiger partial charge >= 0.3 is 0 Å². The molecular weight excluding hydrogens is 356 g/mol. The number of nitrogen functional groups attached to an aromatic ring is 1. The third kappa shape index (κ3) is 4.13. The predicted molar refractivity (Wildman–Crippen MR) is 110 cm³/mol. The lowest BCUT2D eigenvalue weighted by molar-refractivity contribution is 0.100. The normalized spacial score (nSPS) is 13.5. The molecule has 27 heavy (non-hydrogen) atoms. The molecule has 1 heterocycles. The Balaban J connectivity index is 1.58. The Kier molecular flexibility index (Phi) is 4.83. The average Bonchev–Trinajstić information content (AvgIpc) is 3.52. The van der Waals surface area contributed by atoms with E-state index in [9.17, 15) is 4.79 Å². The lowest BCUT2D eigenvalue weighted by Crippen LogP contribution is -2.10. The van der Waals surface area contributed by atoms with Gasteiger partial charge in [0, 0.05) is 33.8 Å². The monoisotopic (exact) mass is 376 g/mol. The fourth-order valence-electron chi connectivity index (χ4n) is 2.75. The second-order valence-electron chi connectivity index (χ2n) is 6.62. The summed E-state index contributed by atoms with van der Waals surface area (Å²) in [6, 6.07) is 18.1. The molecular formula is C21H20N4OS. The minimum absolute atomic E-state index is 0.449. The van der Waals surface area contributed by atoms with Gasteiger partial charge in [0.1, 0.15) is 5.82 Å². The molecule has 2 aromatic carbocycles. The lowest BCUT2D eigenvalue weighted by atomic mass is 10.00. The fraction of sp³-hybridized carbons (Fsp3) is 0.143. The van der Waals surface area contributed by atoms with Gasteiger partial charge in [-0.2, -0.15) is 0 Å². The minimum Gasteiger partial charge on any atom is -0.383 e. The van der Waals surface area contributed by atoms with Crippen molar-refractivity contribution in [1.29, 1.82) is 0 Å². The number of carbonyl (C=O) groups excluding carboxylic acids is 1. The molecule has 1 saturated carbocycles. The minimum atomic E-state index is -0.449. The highest BCUT2D eigenvalue weighted by molar-refractivity contribution is 7.97. The van der Waals surface area contributed by atoms with Crippen molar-refractivity contribution in [3.05, 3.63) is 66.4 Å². The van der Waals surface area contributed by atoms with Crippen molar-refractivity contribution in [3.63, 3.8) is 0 Å². The molecule has 0 bridgehead atoms. The number of primary amides is 1. The van der Waals surface area contributed by atoms with Crippen molar-refractivity contribution in [2.45, 2.75) is 23.8 Å². The van der Waals surface area contributed by atoms with Crippen LogP contribution in [0.25, 0.3) is 22.3 Å². The molecule has 1 aliphatic rings. The summed E-state index contributed by atoms with van der Waals surface area (Å²) in [5.41, 5.74) is 15.6. The summed E-state index contributed by atoms with van der Waals surface area (Å²) in [5, 5.41) is 0. The van der Waals surface area contributed by atoms with Crippen molar-refractivity contribution in [2.75, 3.05) is 5.73 Å². The van der Waals surface area contributed by atoms with Gasteiger partial charge in [0.25, 0.3) is 0 Å². The van der Waals surface area contributed by atoms with E-state index in [2.05, 4.69) is 34.0 Å². The van der Waals surface area contributed by atoms with Gasteiger partial charge in [0.15, 0.2) is 0 Å². The Morgan fingerprint density at radius 3 is 2.30 bits per heavy atom. The first-order valence-electron chi connectivity index (χ1n) is 8.79. The zero-order valence-corrected chi connectivity index (χ0v) is 15.5. The molecule has 0 unspecified atom stereocenters. The first-order valence-corrected chi connectivity index (χ1v) is 9.60. The van der Waals surface area contributed by atoms with Crippen LogP contribution >= 0.6 is 11.9 Å². The highest BCUT2D eigenvalue weighted by Gasteiger charge is 2.20. The van der Waals surface area contributed by atoms with Crippen molar-refractivity contribution in [1.82, 2.24) is 9.71 Å². The summed E-state index contributed by atoms with van der Waals surface area (Å²) in [6.07, 6.45) is 4.32. The van der Waals surface area contributed by atoms with Gasteiger partial charge in [-0.15, -0.1) is 0 Å². The highest BCUT2D eigenvalue weighted by atomic mass is 32.2. The van der Waals surface area contributed by atoms with Crippen LogP contribution in [0.3, 0.4) is 0 Å². The molecule has 1 amide bonds. The van der Waals surface area contributed by atoms with Crippen LogP contribution in [0.2, 0.25) is 0 Å². The number of nitrogens with one attached hydrogen (secondary N) is 1. The Labute approximate surface area is 162 Å². The standard InChI is InChI=1S/C21H20N4OS/c22-20-19(14-1-3-15(4-2-14)21(23)26)11-16(12-24-20)13-5-9-18(10-6-13)27-25-17-7-8-17/h1-6,9-12,17,25H,7-8H2,(H2,22,24)(H2,23,26). The van der Waals surface area contributed by atoms with Gasteiger partial charge in [0.05, 0.1) is 0 Å². The van der Waals surface area contributed by atoms with E-state index >= 15 is 0 Å². The topological polar surface area (TPSA) is 94.0 Å². The van der Waals surface area contributed by atoms with Crippen LogP contribution in [-0.4, -0.2) is 16.9 Å². The number of hydrogen-bond acceptors (Lipinski definition) is 5. The van der Waals surface area contributed by atoms with Crippen LogP contribution in [0.4, 0.5) is 5.82 Å². The number of benzene rings is 2. The summed E-state index contributed by atoms with van der Waals surface area (Å²) in [5.74, 6) is 0.00177. The molecule has 0 radical (unpaired) electrons. The molecule has 1 fully saturated rings. The summed E-state index contributed by atoms with van der Waals surface area (Å²) < 4.78 is 3.44. The third-order valence-corrected chi connectivity index (χ3v) is 5.47. The SMILES string of the molecule is NC(=O)c1ccc(-c2cc(-c3ccc(SNC4CC4)cc3)cnc2N)cc1. The van der Waals surface area contributed by atoms with Crippen LogP contribution in [0.1, 0.15) is 23.2 Å². The lowest BCUT2D eigenvalue weighted by Gasteiger charge is -2.10. The number of pyridine rings is 1. The molecule has 5 N–H and O–H groups in total. The number of rotatable bonds is 6. The fourth-order valence-corrected chi connectivity index (χ4v) is 3.56. The quantitative estimate of drug-likeness (QED) is 0.568. The van der Waals surface area contributed by atoms with E-state index in [0.29, 0.717) is 17.4 Å². The second kappa shape index (κ2) is 7.42. The molecule has 0 atom stereocenters. The van der Waals surface area contributed by atoms with E-state index in [0.717, 1.165) is 22.3 Å². The Bertz CT molecular complexity index is 966.